The van der Waals surface area contributed by atoms with E-state index in [9.17, 15) is 14.7 Å². The number of carbonyl (C=O) groups is 2. The molecule has 1 N–H and O–H groups in total. The summed E-state index contributed by atoms with van der Waals surface area (Å²) in [5.41, 5.74) is 2.48. The molecule has 4 heteroatoms. The van der Waals surface area contributed by atoms with E-state index in [1.807, 2.05) is 45.9 Å². The van der Waals surface area contributed by atoms with Crippen LogP contribution in [0, 0.1) is 13.8 Å². The van der Waals surface area contributed by atoms with Crippen LogP contribution < -0.4 is 0 Å². The molecule has 1 aromatic carbocycles. The van der Waals surface area contributed by atoms with Crippen LogP contribution in [0.2, 0.25) is 0 Å². The summed E-state index contributed by atoms with van der Waals surface area (Å²) in [6.07, 6.45) is 0. The zero-order valence-electron chi connectivity index (χ0n) is 12.1. The van der Waals surface area contributed by atoms with Crippen LogP contribution in [-0.4, -0.2) is 27.9 Å². The number of carboxylic acid groups (broad SMARTS) is 1. The summed E-state index contributed by atoms with van der Waals surface area (Å²) in [5, 5.41) is 9.55. The van der Waals surface area contributed by atoms with Gasteiger partial charge in [0.15, 0.2) is 6.04 Å². The van der Waals surface area contributed by atoms with E-state index in [2.05, 4.69) is 0 Å². The van der Waals surface area contributed by atoms with Crippen molar-refractivity contribution in [3.63, 3.8) is 0 Å². The highest BCUT2D eigenvalue weighted by molar-refractivity contribution is 5.84. The van der Waals surface area contributed by atoms with Crippen molar-refractivity contribution in [2.24, 2.45) is 0 Å². The van der Waals surface area contributed by atoms with Crippen molar-refractivity contribution in [2.45, 2.75) is 46.7 Å². The van der Waals surface area contributed by atoms with Gasteiger partial charge in [0.1, 0.15) is 0 Å². The molecule has 0 heterocycles. The molecule has 0 aromatic heterocycles. The van der Waals surface area contributed by atoms with Crippen LogP contribution in [0.3, 0.4) is 0 Å². The van der Waals surface area contributed by atoms with Gasteiger partial charge in [0, 0.05) is 13.0 Å². The molecule has 19 heavy (non-hydrogen) atoms. The zero-order chi connectivity index (χ0) is 14.7. The highest BCUT2D eigenvalue weighted by Gasteiger charge is 2.33. The topological polar surface area (TPSA) is 57.6 Å². The zero-order valence-corrected chi connectivity index (χ0v) is 12.1. The van der Waals surface area contributed by atoms with E-state index in [1.54, 1.807) is 0 Å². The van der Waals surface area contributed by atoms with Crippen LogP contribution in [0.1, 0.15) is 43.5 Å². The molecule has 0 saturated carbocycles. The van der Waals surface area contributed by atoms with Gasteiger partial charge in [-0.3, -0.25) is 4.79 Å². The van der Waals surface area contributed by atoms with Crippen molar-refractivity contribution in [2.75, 3.05) is 0 Å². The predicted octanol–water partition coefficient (Wildman–Crippen LogP) is 2.69. The monoisotopic (exact) mass is 263 g/mol. The Morgan fingerprint density at radius 3 is 1.95 bits per heavy atom. The SMILES string of the molecule is CC(=O)N(C(C)C)C(C(=O)O)c1c(C)cccc1C. The molecule has 0 aliphatic rings. The minimum absolute atomic E-state index is 0.169. The normalized spacial score (nSPS) is 12.3. The van der Waals surface area contributed by atoms with Gasteiger partial charge >= 0.3 is 5.97 Å². The third kappa shape index (κ3) is 3.13. The molecule has 4 nitrogen and oxygen atoms in total. The summed E-state index contributed by atoms with van der Waals surface area (Å²) in [6.45, 7) is 8.80. The first kappa shape index (κ1) is 15.2. The van der Waals surface area contributed by atoms with Crippen LogP contribution >= 0.6 is 0 Å². The first-order valence-electron chi connectivity index (χ1n) is 6.35. The minimum atomic E-state index is -0.999. The van der Waals surface area contributed by atoms with Gasteiger partial charge < -0.3 is 10.0 Å². The first-order chi connectivity index (χ1) is 8.77. The van der Waals surface area contributed by atoms with Gasteiger partial charge in [-0.1, -0.05) is 18.2 Å². The number of hydrogen-bond donors (Lipinski definition) is 1. The first-order valence-corrected chi connectivity index (χ1v) is 6.35. The lowest BCUT2D eigenvalue weighted by Crippen LogP contribution is -2.42. The van der Waals surface area contributed by atoms with Gasteiger partial charge in [-0.05, 0) is 44.4 Å². The van der Waals surface area contributed by atoms with Crippen molar-refractivity contribution >= 4 is 11.9 Å². The van der Waals surface area contributed by atoms with Gasteiger partial charge in [0.25, 0.3) is 0 Å². The summed E-state index contributed by atoms with van der Waals surface area (Å²) in [7, 11) is 0. The van der Waals surface area contributed by atoms with Crippen molar-refractivity contribution in [1.29, 1.82) is 0 Å². The van der Waals surface area contributed by atoms with Crippen LogP contribution in [0.15, 0.2) is 18.2 Å². The fourth-order valence-electron chi connectivity index (χ4n) is 2.48. The van der Waals surface area contributed by atoms with Crippen molar-refractivity contribution in [1.82, 2.24) is 4.90 Å². The van der Waals surface area contributed by atoms with E-state index in [4.69, 9.17) is 0 Å². The number of hydrogen-bond acceptors (Lipinski definition) is 2. The average molecular weight is 263 g/mol. The smallest absolute Gasteiger partial charge is 0.331 e. The molecule has 104 valence electrons. The number of nitrogens with zero attached hydrogens (tertiary/aromatic N) is 1. The number of benzene rings is 1. The van der Waals surface area contributed by atoms with E-state index in [-0.39, 0.29) is 11.9 Å². The molecule has 1 atom stereocenters. The van der Waals surface area contributed by atoms with Crippen LogP contribution in [0.25, 0.3) is 0 Å². The second-order valence-corrected chi connectivity index (χ2v) is 5.07. The number of rotatable bonds is 4. The van der Waals surface area contributed by atoms with E-state index in [0.717, 1.165) is 11.1 Å². The van der Waals surface area contributed by atoms with E-state index < -0.39 is 12.0 Å². The highest BCUT2D eigenvalue weighted by Crippen LogP contribution is 2.29. The van der Waals surface area contributed by atoms with Crippen molar-refractivity contribution in [3.8, 4) is 0 Å². The molecular formula is C15H21NO3. The fourth-order valence-corrected chi connectivity index (χ4v) is 2.48. The molecule has 1 aromatic rings. The lowest BCUT2D eigenvalue weighted by atomic mass is 9.94. The van der Waals surface area contributed by atoms with Gasteiger partial charge in [-0.2, -0.15) is 0 Å². The Hall–Kier alpha value is -1.84. The van der Waals surface area contributed by atoms with Crippen molar-refractivity contribution < 1.29 is 14.7 Å². The van der Waals surface area contributed by atoms with Crippen LogP contribution in [-0.2, 0) is 9.59 Å². The van der Waals surface area contributed by atoms with Crippen molar-refractivity contribution in [3.05, 3.63) is 34.9 Å². The second-order valence-electron chi connectivity index (χ2n) is 5.07. The summed E-state index contributed by atoms with van der Waals surface area (Å²) < 4.78 is 0. The van der Waals surface area contributed by atoms with Gasteiger partial charge in [0.05, 0.1) is 0 Å². The number of aryl methyl sites for hydroxylation is 2. The van der Waals surface area contributed by atoms with E-state index in [1.165, 1.54) is 11.8 Å². The molecule has 0 aliphatic heterocycles. The predicted molar refractivity (Wildman–Crippen MR) is 73.9 cm³/mol. The molecule has 1 unspecified atom stereocenters. The lowest BCUT2D eigenvalue weighted by molar-refractivity contribution is -0.151. The number of carboxylic acids is 1. The third-order valence-electron chi connectivity index (χ3n) is 3.25. The quantitative estimate of drug-likeness (QED) is 0.908. The summed E-state index contributed by atoms with van der Waals surface area (Å²) in [6, 6.07) is 4.53. The fraction of sp³-hybridized carbons (Fsp3) is 0.467. The molecule has 0 aliphatic carbocycles. The Morgan fingerprint density at radius 1 is 1.16 bits per heavy atom. The molecule has 0 radical (unpaired) electrons. The Balaban J connectivity index is 3.43. The summed E-state index contributed by atoms with van der Waals surface area (Å²) in [4.78, 5) is 24.9. The van der Waals surface area contributed by atoms with E-state index in [0.29, 0.717) is 5.56 Å². The highest BCUT2D eigenvalue weighted by atomic mass is 16.4. The Bertz CT molecular complexity index is 474. The molecule has 0 spiro atoms. The molecule has 0 fully saturated rings. The maximum absolute atomic E-state index is 11.8. The van der Waals surface area contributed by atoms with Crippen LogP contribution in [0.4, 0.5) is 0 Å². The Labute approximate surface area is 114 Å². The maximum Gasteiger partial charge on any atom is 0.331 e. The second kappa shape index (κ2) is 5.87. The largest absolute Gasteiger partial charge is 0.479 e. The number of aliphatic carboxylic acids is 1. The standard InChI is InChI=1S/C15H21NO3/c1-9(2)16(12(5)17)14(15(18)19)13-10(3)7-6-8-11(13)4/h6-9,14H,1-5H3,(H,18,19). The summed E-state index contributed by atoms with van der Waals surface area (Å²) >= 11 is 0. The number of carbonyl (C=O) groups excluding carboxylic acids is 1. The number of amides is 1. The van der Waals surface area contributed by atoms with E-state index >= 15 is 0 Å². The molecular weight excluding hydrogens is 242 g/mol. The van der Waals surface area contributed by atoms with Gasteiger partial charge in [-0.15, -0.1) is 0 Å². The average Bonchev–Trinajstić information content (AvgIpc) is 2.25. The van der Waals surface area contributed by atoms with Crippen LogP contribution in [0.5, 0.6) is 0 Å². The minimum Gasteiger partial charge on any atom is -0.479 e. The lowest BCUT2D eigenvalue weighted by Gasteiger charge is -2.33. The van der Waals surface area contributed by atoms with Gasteiger partial charge in [0.2, 0.25) is 5.91 Å². The third-order valence-corrected chi connectivity index (χ3v) is 3.25. The van der Waals surface area contributed by atoms with Gasteiger partial charge in [-0.25, -0.2) is 4.79 Å². The molecule has 0 saturated heterocycles. The maximum atomic E-state index is 11.8. The Kier molecular flexibility index (Phi) is 4.70. The molecule has 1 rings (SSSR count). The summed E-state index contributed by atoms with van der Waals surface area (Å²) in [5.74, 6) is -1.23. The Morgan fingerprint density at radius 2 is 1.63 bits per heavy atom. The molecule has 0 bridgehead atoms. The molecule has 1 amide bonds.